The molecule has 0 saturated heterocycles. The Morgan fingerprint density at radius 3 is 2.65 bits per heavy atom. The molecule has 0 spiro atoms. The third-order valence-corrected chi connectivity index (χ3v) is 3.63. The van der Waals surface area contributed by atoms with Gasteiger partial charge in [-0.2, -0.15) is 8.78 Å². The minimum Gasteiger partial charge on any atom is -0.454 e. The standard InChI is InChI=1S/C17H17F2N5O2/c1-10-4-5-13(8-15(10)26-16(18)19)24-9-14(22-23-24)12(3)25-17-20-7-6-11(2)21-17/h4-9,12,16H,1-3H3. The lowest BCUT2D eigenvalue weighted by atomic mass is 10.2. The van der Waals surface area contributed by atoms with Gasteiger partial charge in [0.1, 0.15) is 17.5 Å². The van der Waals surface area contributed by atoms with Crippen LogP contribution in [0.5, 0.6) is 11.8 Å². The zero-order valence-corrected chi connectivity index (χ0v) is 14.4. The molecule has 3 aromatic rings. The van der Waals surface area contributed by atoms with E-state index >= 15 is 0 Å². The monoisotopic (exact) mass is 361 g/mol. The van der Waals surface area contributed by atoms with Crippen LogP contribution < -0.4 is 9.47 Å². The molecule has 0 aliphatic heterocycles. The molecule has 0 saturated carbocycles. The van der Waals surface area contributed by atoms with Gasteiger partial charge >= 0.3 is 12.6 Å². The number of hydrogen-bond donors (Lipinski definition) is 0. The van der Waals surface area contributed by atoms with Crippen molar-refractivity contribution in [1.82, 2.24) is 25.0 Å². The Kier molecular flexibility index (Phi) is 5.06. The van der Waals surface area contributed by atoms with Gasteiger partial charge in [0.05, 0.1) is 11.9 Å². The van der Waals surface area contributed by atoms with E-state index in [0.717, 1.165) is 5.69 Å². The smallest absolute Gasteiger partial charge is 0.387 e. The molecule has 0 aliphatic carbocycles. The average molecular weight is 361 g/mol. The van der Waals surface area contributed by atoms with Crippen molar-refractivity contribution in [3.63, 3.8) is 0 Å². The number of rotatable bonds is 6. The fourth-order valence-corrected chi connectivity index (χ4v) is 2.24. The van der Waals surface area contributed by atoms with Crippen molar-refractivity contribution in [3.05, 3.63) is 53.6 Å². The van der Waals surface area contributed by atoms with Crippen molar-refractivity contribution in [2.75, 3.05) is 0 Å². The molecular formula is C17H17F2N5O2. The minimum atomic E-state index is -2.89. The fraction of sp³-hybridized carbons (Fsp3) is 0.294. The van der Waals surface area contributed by atoms with Crippen molar-refractivity contribution in [1.29, 1.82) is 0 Å². The normalized spacial score (nSPS) is 12.2. The van der Waals surface area contributed by atoms with Gasteiger partial charge < -0.3 is 9.47 Å². The lowest BCUT2D eigenvalue weighted by molar-refractivity contribution is -0.0502. The molecule has 7 nitrogen and oxygen atoms in total. The van der Waals surface area contributed by atoms with E-state index in [4.69, 9.17) is 4.74 Å². The van der Waals surface area contributed by atoms with E-state index in [-0.39, 0.29) is 11.8 Å². The number of benzene rings is 1. The Labute approximate surface area is 148 Å². The molecule has 1 unspecified atom stereocenters. The second-order valence-corrected chi connectivity index (χ2v) is 5.66. The lowest BCUT2D eigenvalue weighted by Gasteiger charge is -2.10. The van der Waals surface area contributed by atoms with Crippen LogP contribution in [0.4, 0.5) is 8.78 Å². The molecule has 2 heterocycles. The molecule has 136 valence electrons. The molecule has 9 heteroatoms. The molecule has 1 aromatic carbocycles. The predicted octanol–water partition coefficient (Wildman–Crippen LogP) is 3.42. The van der Waals surface area contributed by atoms with Crippen LogP contribution in [-0.4, -0.2) is 31.6 Å². The quantitative estimate of drug-likeness (QED) is 0.670. The van der Waals surface area contributed by atoms with Crippen molar-refractivity contribution in [2.45, 2.75) is 33.5 Å². The predicted molar refractivity (Wildman–Crippen MR) is 88.5 cm³/mol. The molecule has 0 bridgehead atoms. The Morgan fingerprint density at radius 1 is 1.12 bits per heavy atom. The van der Waals surface area contributed by atoms with Crippen LogP contribution in [0.3, 0.4) is 0 Å². The second-order valence-electron chi connectivity index (χ2n) is 5.66. The average Bonchev–Trinajstić information content (AvgIpc) is 3.06. The summed E-state index contributed by atoms with van der Waals surface area (Å²) in [5.41, 5.74) is 2.48. The highest BCUT2D eigenvalue weighted by Crippen LogP contribution is 2.24. The summed E-state index contributed by atoms with van der Waals surface area (Å²) in [5.74, 6) is 0.0898. The maximum Gasteiger partial charge on any atom is 0.387 e. The van der Waals surface area contributed by atoms with Gasteiger partial charge in [-0.1, -0.05) is 11.3 Å². The highest BCUT2D eigenvalue weighted by atomic mass is 19.3. The van der Waals surface area contributed by atoms with Crippen LogP contribution in [0.15, 0.2) is 36.7 Å². The lowest BCUT2D eigenvalue weighted by Crippen LogP contribution is -2.06. The van der Waals surface area contributed by atoms with Gasteiger partial charge in [0.15, 0.2) is 0 Å². The maximum absolute atomic E-state index is 12.5. The molecule has 0 aliphatic rings. The Hall–Kier alpha value is -3.10. The summed E-state index contributed by atoms with van der Waals surface area (Å²) in [6.45, 7) is 2.43. The highest BCUT2D eigenvalue weighted by molar-refractivity contribution is 5.43. The maximum atomic E-state index is 12.5. The Morgan fingerprint density at radius 2 is 1.92 bits per heavy atom. The summed E-state index contributed by atoms with van der Waals surface area (Å²) in [4.78, 5) is 8.22. The van der Waals surface area contributed by atoms with Gasteiger partial charge in [-0.15, -0.1) is 5.10 Å². The SMILES string of the molecule is Cc1ccnc(OC(C)c2cn(-c3ccc(C)c(OC(F)F)c3)nn2)n1. The number of nitrogens with zero attached hydrogens (tertiary/aromatic N) is 5. The van der Waals surface area contributed by atoms with E-state index in [1.54, 1.807) is 44.4 Å². The molecule has 1 atom stereocenters. The number of aromatic nitrogens is 5. The number of aryl methyl sites for hydroxylation is 2. The van der Waals surface area contributed by atoms with Gasteiger partial charge in [-0.3, -0.25) is 0 Å². The third kappa shape index (κ3) is 4.11. The van der Waals surface area contributed by atoms with Crippen LogP contribution in [0.2, 0.25) is 0 Å². The first-order chi connectivity index (χ1) is 12.4. The molecule has 26 heavy (non-hydrogen) atoms. The van der Waals surface area contributed by atoms with E-state index in [1.807, 2.05) is 6.92 Å². The number of ether oxygens (including phenoxy) is 2. The summed E-state index contributed by atoms with van der Waals surface area (Å²) in [7, 11) is 0. The van der Waals surface area contributed by atoms with Crippen LogP contribution in [-0.2, 0) is 0 Å². The summed E-state index contributed by atoms with van der Waals surface area (Å²) < 4.78 is 36.6. The van der Waals surface area contributed by atoms with Gasteiger partial charge in [-0.25, -0.2) is 14.6 Å². The van der Waals surface area contributed by atoms with Crippen molar-refractivity contribution >= 4 is 0 Å². The van der Waals surface area contributed by atoms with E-state index in [0.29, 0.717) is 16.9 Å². The zero-order valence-electron chi connectivity index (χ0n) is 14.4. The molecule has 0 N–H and O–H groups in total. The van der Waals surface area contributed by atoms with E-state index in [2.05, 4.69) is 25.0 Å². The first-order valence-electron chi connectivity index (χ1n) is 7.87. The number of halogens is 2. The number of alkyl halides is 2. The van der Waals surface area contributed by atoms with Crippen LogP contribution in [0.25, 0.3) is 5.69 Å². The van der Waals surface area contributed by atoms with Crippen molar-refractivity contribution in [3.8, 4) is 17.4 Å². The van der Waals surface area contributed by atoms with Crippen LogP contribution in [0, 0.1) is 13.8 Å². The molecule has 3 rings (SSSR count). The van der Waals surface area contributed by atoms with E-state index < -0.39 is 12.7 Å². The van der Waals surface area contributed by atoms with Crippen molar-refractivity contribution in [2.24, 2.45) is 0 Å². The third-order valence-electron chi connectivity index (χ3n) is 3.63. The van der Waals surface area contributed by atoms with E-state index in [1.165, 1.54) is 10.7 Å². The Bertz CT molecular complexity index is 900. The summed E-state index contributed by atoms with van der Waals surface area (Å²) in [5, 5.41) is 8.09. The van der Waals surface area contributed by atoms with E-state index in [9.17, 15) is 8.78 Å². The van der Waals surface area contributed by atoms with Gasteiger partial charge in [0, 0.05) is 18.0 Å². The second kappa shape index (κ2) is 7.42. The first kappa shape index (κ1) is 17.7. The van der Waals surface area contributed by atoms with Crippen LogP contribution >= 0.6 is 0 Å². The number of hydrogen-bond acceptors (Lipinski definition) is 6. The summed E-state index contributed by atoms with van der Waals surface area (Å²) in [6.07, 6.45) is 2.82. The molecule has 0 fully saturated rings. The molecule has 0 radical (unpaired) electrons. The van der Waals surface area contributed by atoms with Gasteiger partial charge in [-0.05, 0) is 38.5 Å². The van der Waals surface area contributed by atoms with Crippen molar-refractivity contribution < 1.29 is 18.3 Å². The molecule has 2 aromatic heterocycles. The van der Waals surface area contributed by atoms with Gasteiger partial charge in [0.25, 0.3) is 0 Å². The van der Waals surface area contributed by atoms with Gasteiger partial charge in [0.2, 0.25) is 0 Å². The largest absolute Gasteiger partial charge is 0.454 e. The fourth-order valence-electron chi connectivity index (χ4n) is 2.24. The Balaban J connectivity index is 1.79. The summed E-state index contributed by atoms with van der Waals surface area (Å²) >= 11 is 0. The van der Waals surface area contributed by atoms with Crippen LogP contribution in [0.1, 0.15) is 30.0 Å². The first-order valence-corrected chi connectivity index (χ1v) is 7.87. The topological polar surface area (TPSA) is 75.0 Å². The molecular weight excluding hydrogens is 344 g/mol. The summed E-state index contributed by atoms with van der Waals surface area (Å²) in [6, 6.07) is 6.91. The highest BCUT2D eigenvalue weighted by Gasteiger charge is 2.15. The zero-order chi connectivity index (χ0) is 18.7. The molecule has 0 amide bonds. The minimum absolute atomic E-state index is 0.0898.